The van der Waals surface area contributed by atoms with Crippen LogP contribution in [-0.4, -0.2) is 35.2 Å². The Morgan fingerprint density at radius 1 is 0.325 bits per heavy atom. The maximum atomic E-state index is 5.96. The van der Waals surface area contributed by atoms with Gasteiger partial charge in [-0.2, -0.15) is 0 Å². The molecule has 0 unspecified atom stereocenters. The minimum absolute atomic E-state index is 0.684. The van der Waals surface area contributed by atoms with E-state index in [0.717, 1.165) is 12.6 Å². The van der Waals surface area contributed by atoms with Gasteiger partial charge in [-0.05, 0) is 40.2 Å². The predicted molar refractivity (Wildman–Crippen MR) is 179 cm³/mol. The summed E-state index contributed by atoms with van der Waals surface area (Å²) >= 11 is 0. The second kappa shape index (κ2) is 33.6. The quantitative estimate of drug-likeness (QED) is 0.0593. The third kappa shape index (κ3) is 28.2. The molecule has 0 aliphatic carbocycles. The number of rotatable bonds is 35. The average molecular weight is 586 g/mol. The predicted octanol–water partition coefficient (Wildman–Crippen LogP) is 11.5. The summed E-state index contributed by atoms with van der Waals surface area (Å²) in [5.74, 6) is 0. The Kier molecular flexibility index (Phi) is 33.6. The molecule has 40 heavy (non-hydrogen) atoms. The fourth-order valence-electron chi connectivity index (χ4n) is 5.91. The lowest BCUT2D eigenvalue weighted by molar-refractivity contribution is 0.0706. The lowest BCUT2D eigenvalue weighted by Crippen LogP contribution is -2.45. The van der Waals surface area contributed by atoms with Crippen LogP contribution in [0.25, 0.3) is 0 Å². The molecule has 0 bridgehead atoms. The zero-order valence-electron chi connectivity index (χ0n) is 27.9. The van der Waals surface area contributed by atoms with Crippen molar-refractivity contribution in [1.82, 2.24) is 0 Å². The van der Waals surface area contributed by atoms with Gasteiger partial charge in [0.15, 0.2) is 0 Å². The minimum atomic E-state index is -2.42. The van der Waals surface area contributed by atoms with Crippen LogP contribution < -0.4 is 5.73 Å². The Morgan fingerprint density at radius 3 is 0.725 bits per heavy atom. The van der Waals surface area contributed by atoms with Gasteiger partial charge in [0.2, 0.25) is 0 Å². The summed E-state index contributed by atoms with van der Waals surface area (Å²) in [6, 6.07) is 0.972. The van der Waals surface area contributed by atoms with Crippen LogP contribution in [-0.2, 0) is 13.3 Å². The summed E-state index contributed by atoms with van der Waals surface area (Å²) in [5.41, 5.74) is 5.55. The van der Waals surface area contributed by atoms with Crippen LogP contribution >= 0.6 is 0 Å². The molecule has 242 valence electrons. The Morgan fingerprint density at radius 2 is 0.525 bits per heavy atom. The van der Waals surface area contributed by atoms with Crippen molar-refractivity contribution >= 4 is 8.80 Å². The Bertz CT molecular complexity index is 449. The van der Waals surface area contributed by atoms with Crippen LogP contribution in [0.15, 0.2) is 0 Å². The number of hydrogen-bond acceptors (Lipinski definition) is 4. The van der Waals surface area contributed by atoms with Crippen LogP contribution in [0.5, 0.6) is 0 Å². The monoisotopic (exact) mass is 586 g/mol. The number of hydrogen-bond donors (Lipinski definition) is 1. The molecule has 0 atom stereocenters. The maximum absolute atomic E-state index is 5.96. The molecule has 4 nitrogen and oxygen atoms in total. The highest BCUT2D eigenvalue weighted by Gasteiger charge is 2.39. The third-order valence-corrected chi connectivity index (χ3v) is 11.4. The average Bonchev–Trinajstić information content (AvgIpc) is 2.95. The summed E-state index contributed by atoms with van der Waals surface area (Å²) in [7, 11) is -2.42. The van der Waals surface area contributed by atoms with Crippen molar-refractivity contribution in [3.8, 4) is 0 Å². The van der Waals surface area contributed by atoms with Gasteiger partial charge in [0.05, 0.1) is 0 Å². The zero-order valence-corrected chi connectivity index (χ0v) is 28.9. The van der Waals surface area contributed by atoms with Crippen LogP contribution in [0.3, 0.4) is 0 Å². The first-order chi connectivity index (χ1) is 19.7. The van der Waals surface area contributed by atoms with Gasteiger partial charge in [-0.25, -0.2) is 0 Å². The van der Waals surface area contributed by atoms with Crippen molar-refractivity contribution in [2.75, 3.05) is 26.4 Å². The summed E-state index contributed by atoms with van der Waals surface area (Å²) < 4.78 is 17.9. The van der Waals surface area contributed by atoms with Crippen molar-refractivity contribution in [2.24, 2.45) is 5.73 Å². The molecule has 0 spiro atoms. The first-order valence-corrected chi connectivity index (χ1v) is 20.3. The maximum Gasteiger partial charge on any atom is 0.500 e. The van der Waals surface area contributed by atoms with E-state index in [2.05, 4.69) is 0 Å². The van der Waals surface area contributed by atoms with Gasteiger partial charge in [-0.3, -0.25) is 0 Å². The number of unbranched alkanes of at least 4 members (excludes halogenated alkanes) is 26. The van der Waals surface area contributed by atoms with Gasteiger partial charge >= 0.3 is 8.80 Å². The SMILES string of the molecule is CCO[Si](CCCCCCCCCCCCCCCCCCCCCCCCCCCCCN)(OCC)OCC. The highest BCUT2D eigenvalue weighted by atomic mass is 28.4. The molecule has 0 aromatic carbocycles. The van der Waals surface area contributed by atoms with E-state index < -0.39 is 8.80 Å². The van der Waals surface area contributed by atoms with Crippen LogP contribution in [0.4, 0.5) is 0 Å². The van der Waals surface area contributed by atoms with Gasteiger partial charge in [0.1, 0.15) is 0 Å². The van der Waals surface area contributed by atoms with E-state index in [9.17, 15) is 0 Å². The first kappa shape index (κ1) is 40.1. The normalized spacial score (nSPS) is 12.0. The molecule has 0 aliphatic heterocycles. The van der Waals surface area contributed by atoms with E-state index in [4.69, 9.17) is 19.0 Å². The molecular weight excluding hydrogens is 510 g/mol. The Labute approximate surface area is 254 Å². The Balaban J connectivity index is 3.26. The minimum Gasteiger partial charge on any atom is -0.374 e. The highest BCUT2D eigenvalue weighted by molar-refractivity contribution is 6.60. The van der Waals surface area contributed by atoms with E-state index in [1.807, 2.05) is 20.8 Å². The molecule has 2 N–H and O–H groups in total. The van der Waals surface area contributed by atoms with Crippen molar-refractivity contribution < 1.29 is 13.3 Å². The topological polar surface area (TPSA) is 53.7 Å². The molecule has 0 heterocycles. The summed E-state index contributed by atoms with van der Waals surface area (Å²) in [6.45, 7) is 9.05. The molecule has 0 rings (SSSR count). The summed E-state index contributed by atoms with van der Waals surface area (Å²) in [5, 5.41) is 0. The molecular formula is C35H75NO3Si. The van der Waals surface area contributed by atoms with Gasteiger partial charge in [0, 0.05) is 25.9 Å². The number of nitrogens with two attached hydrogens (primary N) is 1. The second-order valence-corrected chi connectivity index (χ2v) is 14.8. The van der Waals surface area contributed by atoms with Crippen LogP contribution in [0, 0.1) is 0 Å². The molecule has 0 radical (unpaired) electrons. The second-order valence-electron chi connectivity index (χ2n) is 12.1. The lowest BCUT2D eigenvalue weighted by atomic mass is 10.0. The molecule has 0 fully saturated rings. The van der Waals surface area contributed by atoms with Gasteiger partial charge < -0.3 is 19.0 Å². The first-order valence-electron chi connectivity index (χ1n) is 18.4. The molecule has 5 heteroatoms. The smallest absolute Gasteiger partial charge is 0.374 e. The molecule has 0 saturated carbocycles. The van der Waals surface area contributed by atoms with E-state index in [1.54, 1.807) is 0 Å². The molecule has 0 amide bonds. The van der Waals surface area contributed by atoms with Crippen molar-refractivity contribution in [2.45, 2.75) is 200 Å². The Hall–Kier alpha value is 0.0569. The molecule has 0 aliphatic rings. The summed E-state index contributed by atoms with van der Waals surface area (Å²) in [6.07, 6.45) is 38.2. The standard InChI is InChI=1S/C35H75NO3Si/c1-4-37-40(38-5-2,39-6-3)35-33-31-29-27-25-23-21-19-17-15-13-11-9-7-8-10-12-14-16-18-20-22-24-26-28-30-32-34-36/h4-36H2,1-3H3. The largest absolute Gasteiger partial charge is 0.500 e. The third-order valence-electron chi connectivity index (χ3n) is 8.28. The van der Waals surface area contributed by atoms with E-state index in [-0.39, 0.29) is 0 Å². The fraction of sp³-hybridized carbons (Fsp3) is 1.00. The van der Waals surface area contributed by atoms with Crippen LogP contribution in [0.2, 0.25) is 6.04 Å². The lowest BCUT2D eigenvalue weighted by Gasteiger charge is -2.28. The molecule has 0 saturated heterocycles. The zero-order chi connectivity index (χ0) is 29.2. The summed E-state index contributed by atoms with van der Waals surface area (Å²) in [4.78, 5) is 0. The van der Waals surface area contributed by atoms with E-state index in [1.165, 1.54) is 173 Å². The van der Waals surface area contributed by atoms with Crippen LogP contribution in [0.1, 0.15) is 194 Å². The van der Waals surface area contributed by atoms with Gasteiger partial charge in [-0.1, -0.05) is 161 Å². The van der Waals surface area contributed by atoms with E-state index >= 15 is 0 Å². The van der Waals surface area contributed by atoms with E-state index in [0.29, 0.717) is 19.8 Å². The van der Waals surface area contributed by atoms with Gasteiger partial charge in [-0.15, -0.1) is 0 Å². The fourth-order valence-corrected chi connectivity index (χ4v) is 8.59. The van der Waals surface area contributed by atoms with Gasteiger partial charge in [0.25, 0.3) is 0 Å². The molecule has 0 aromatic heterocycles. The highest BCUT2D eigenvalue weighted by Crippen LogP contribution is 2.21. The van der Waals surface area contributed by atoms with Crippen molar-refractivity contribution in [3.63, 3.8) is 0 Å². The molecule has 0 aromatic rings. The van der Waals surface area contributed by atoms with Crippen molar-refractivity contribution in [1.29, 1.82) is 0 Å². The van der Waals surface area contributed by atoms with Crippen molar-refractivity contribution in [3.05, 3.63) is 0 Å².